The van der Waals surface area contributed by atoms with Crippen LogP contribution >= 0.6 is 28.3 Å². The third-order valence-corrected chi connectivity index (χ3v) is 4.59. The van der Waals surface area contributed by atoms with Crippen molar-refractivity contribution in [3.63, 3.8) is 0 Å². The third-order valence-electron chi connectivity index (χ3n) is 4.00. The summed E-state index contributed by atoms with van der Waals surface area (Å²) in [6.45, 7) is 5.66. The van der Waals surface area contributed by atoms with E-state index >= 15 is 0 Å². The van der Waals surface area contributed by atoms with Crippen molar-refractivity contribution in [2.75, 3.05) is 34.5 Å². The molecule has 5 nitrogen and oxygen atoms in total. The first-order chi connectivity index (χ1) is 13.1. The molecule has 2 aromatic rings. The van der Waals surface area contributed by atoms with Crippen LogP contribution in [0.25, 0.3) is 0 Å². The lowest BCUT2D eigenvalue weighted by atomic mass is 10.1. The summed E-state index contributed by atoms with van der Waals surface area (Å²) in [6, 6.07) is 10.00. The van der Waals surface area contributed by atoms with Gasteiger partial charge in [0.2, 0.25) is 0 Å². The molecule has 154 valence electrons. The number of methoxy groups -OCH3 is 3. The zero-order valence-electron chi connectivity index (χ0n) is 16.4. The van der Waals surface area contributed by atoms with Crippen LogP contribution in [0.2, 0.25) is 0 Å². The molecular weight excluding hydrogens is 446 g/mol. The van der Waals surface area contributed by atoms with Crippen LogP contribution in [0, 0.1) is 0 Å². The van der Waals surface area contributed by atoms with Gasteiger partial charge in [-0.15, -0.1) is 12.4 Å². The van der Waals surface area contributed by atoms with E-state index in [0.29, 0.717) is 18.1 Å². The molecule has 0 saturated carbocycles. The number of benzene rings is 2. The van der Waals surface area contributed by atoms with Crippen molar-refractivity contribution >= 4 is 28.3 Å². The summed E-state index contributed by atoms with van der Waals surface area (Å²) in [4.78, 5) is 0. The maximum absolute atomic E-state index is 5.65. The van der Waals surface area contributed by atoms with Gasteiger partial charge >= 0.3 is 0 Å². The molecule has 0 aliphatic rings. The molecule has 0 bridgehead atoms. The highest BCUT2D eigenvalue weighted by molar-refractivity contribution is 9.10. The quantitative estimate of drug-likeness (QED) is 0.376. The van der Waals surface area contributed by atoms with Crippen molar-refractivity contribution in [1.29, 1.82) is 0 Å². The Kier molecular flexibility index (Phi) is 10.8. The van der Waals surface area contributed by atoms with Crippen LogP contribution in [-0.2, 0) is 13.0 Å². The van der Waals surface area contributed by atoms with Crippen LogP contribution in [0.5, 0.6) is 23.0 Å². The van der Waals surface area contributed by atoms with Crippen LogP contribution in [0.3, 0.4) is 0 Å². The molecule has 7 heteroatoms. The van der Waals surface area contributed by atoms with Gasteiger partial charge in [0.15, 0.2) is 23.0 Å². The molecule has 0 aromatic heterocycles. The lowest BCUT2D eigenvalue weighted by molar-refractivity contribution is 0.324. The van der Waals surface area contributed by atoms with Crippen molar-refractivity contribution in [2.24, 2.45) is 0 Å². The van der Waals surface area contributed by atoms with E-state index in [1.165, 1.54) is 5.56 Å². The fraction of sp³-hybridized carbons (Fsp3) is 0.333. The summed E-state index contributed by atoms with van der Waals surface area (Å²) >= 11 is 3.55. The summed E-state index contributed by atoms with van der Waals surface area (Å²) < 4.78 is 22.6. The van der Waals surface area contributed by atoms with Gasteiger partial charge in [-0.2, -0.15) is 0 Å². The Morgan fingerprint density at radius 1 is 0.964 bits per heavy atom. The molecule has 0 aliphatic heterocycles. The minimum atomic E-state index is 0. The van der Waals surface area contributed by atoms with Gasteiger partial charge in [-0.05, 0) is 64.3 Å². The standard InChI is InChI=1S/C21H26BrNO4.ClH/c1-5-10-27-21-17(22)11-16(13-20(21)26-4)14-23-9-8-15-6-7-18(24-2)19(12-15)25-3;/h5-7,11-13,23H,1,8-10,14H2,2-4H3;1H. The van der Waals surface area contributed by atoms with Crippen molar-refractivity contribution < 1.29 is 18.9 Å². The minimum absolute atomic E-state index is 0. The molecule has 0 fully saturated rings. The van der Waals surface area contributed by atoms with Gasteiger partial charge in [-0.25, -0.2) is 0 Å². The van der Waals surface area contributed by atoms with Crippen molar-refractivity contribution in [2.45, 2.75) is 13.0 Å². The lowest BCUT2D eigenvalue weighted by Gasteiger charge is -2.14. The van der Waals surface area contributed by atoms with Gasteiger partial charge in [-0.3, -0.25) is 0 Å². The lowest BCUT2D eigenvalue weighted by Crippen LogP contribution is -2.17. The molecule has 0 radical (unpaired) electrons. The first kappa shape index (κ1) is 24.1. The highest BCUT2D eigenvalue weighted by Gasteiger charge is 2.11. The maximum Gasteiger partial charge on any atom is 0.175 e. The van der Waals surface area contributed by atoms with Crippen LogP contribution in [-0.4, -0.2) is 34.5 Å². The number of hydrogen-bond donors (Lipinski definition) is 1. The predicted octanol–water partition coefficient (Wildman–Crippen LogP) is 4.79. The van der Waals surface area contributed by atoms with E-state index in [4.69, 9.17) is 18.9 Å². The van der Waals surface area contributed by atoms with E-state index in [9.17, 15) is 0 Å². The zero-order valence-corrected chi connectivity index (χ0v) is 18.8. The molecule has 0 saturated heterocycles. The van der Waals surface area contributed by atoms with E-state index in [2.05, 4.69) is 27.8 Å². The van der Waals surface area contributed by atoms with Crippen LogP contribution in [0.15, 0.2) is 47.5 Å². The number of nitrogens with one attached hydrogen (secondary N) is 1. The molecule has 0 aliphatic carbocycles. The molecule has 0 unspecified atom stereocenters. The largest absolute Gasteiger partial charge is 0.493 e. The SMILES string of the molecule is C=CCOc1c(Br)cc(CNCCc2ccc(OC)c(OC)c2)cc1OC.Cl. The molecule has 0 spiro atoms. The van der Waals surface area contributed by atoms with E-state index < -0.39 is 0 Å². The Bertz CT molecular complexity index is 770. The van der Waals surface area contributed by atoms with Gasteiger partial charge in [-0.1, -0.05) is 18.7 Å². The Labute approximate surface area is 181 Å². The minimum Gasteiger partial charge on any atom is -0.493 e. The Morgan fingerprint density at radius 3 is 2.29 bits per heavy atom. The Morgan fingerprint density at radius 2 is 1.64 bits per heavy atom. The number of ether oxygens (including phenoxy) is 4. The fourth-order valence-electron chi connectivity index (χ4n) is 2.66. The second-order valence-corrected chi connectivity index (χ2v) is 6.68. The van der Waals surface area contributed by atoms with Gasteiger partial charge < -0.3 is 24.3 Å². The van der Waals surface area contributed by atoms with Crippen molar-refractivity contribution in [1.82, 2.24) is 5.32 Å². The van der Waals surface area contributed by atoms with Gasteiger partial charge in [0.05, 0.1) is 25.8 Å². The van der Waals surface area contributed by atoms with E-state index in [-0.39, 0.29) is 12.4 Å². The fourth-order valence-corrected chi connectivity index (χ4v) is 3.26. The van der Waals surface area contributed by atoms with Crippen LogP contribution < -0.4 is 24.3 Å². The Hall–Kier alpha value is -1.89. The monoisotopic (exact) mass is 471 g/mol. The molecule has 0 amide bonds. The molecule has 2 aromatic carbocycles. The Balaban J connectivity index is 0.00000392. The predicted molar refractivity (Wildman–Crippen MR) is 119 cm³/mol. The van der Waals surface area contributed by atoms with Gasteiger partial charge in [0.1, 0.15) is 6.61 Å². The van der Waals surface area contributed by atoms with Gasteiger partial charge in [0, 0.05) is 6.54 Å². The number of halogens is 2. The number of hydrogen-bond acceptors (Lipinski definition) is 5. The number of rotatable bonds is 11. The van der Waals surface area contributed by atoms with Crippen molar-refractivity contribution in [3.8, 4) is 23.0 Å². The van der Waals surface area contributed by atoms with E-state index in [1.54, 1.807) is 27.4 Å². The topological polar surface area (TPSA) is 49.0 Å². The average Bonchev–Trinajstić information content (AvgIpc) is 2.69. The van der Waals surface area contributed by atoms with Crippen LogP contribution in [0.1, 0.15) is 11.1 Å². The molecule has 0 heterocycles. The summed E-state index contributed by atoms with van der Waals surface area (Å²) in [5.41, 5.74) is 2.30. The third kappa shape index (κ3) is 6.62. The average molecular weight is 473 g/mol. The molecule has 2 rings (SSSR count). The molecule has 1 N–H and O–H groups in total. The maximum atomic E-state index is 5.65. The van der Waals surface area contributed by atoms with E-state index in [0.717, 1.165) is 41.0 Å². The van der Waals surface area contributed by atoms with Crippen LogP contribution in [0.4, 0.5) is 0 Å². The van der Waals surface area contributed by atoms with Gasteiger partial charge in [0.25, 0.3) is 0 Å². The highest BCUT2D eigenvalue weighted by Crippen LogP contribution is 2.36. The second kappa shape index (κ2) is 12.5. The summed E-state index contributed by atoms with van der Waals surface area (Å²) in [5.74, 6) is 2.87. The summed E-state index contributed by atoms with van der Waals surface area (Å²) in [7, 11) is 4.92. The molecular formula is C21H27BrClNO4. The molecule has 0 atom stereocenters. The van der Waals surface area contributed by atoms with E-state index in [1.807, 2.05) is 30.3 Å². The normalized spacial score (nSPS) is 10.0. The molecule has 28 heavy (non-hydrogen) atoms. The second-order valence-electron chi connectivity index (χ2n) is 5.82. The summed E-state index contributed by atoms with van der Waals surface area (Å²) in [5, 5.41) is 3.45. The van der Waals surface area contributed by atoms with Crippen molar-refractivity contribution in [3.05, 3.63) is 58.6 Å². The highest BCUT2D eigenvalue weighted by atomic mass is 79.9. The first-order valence-corrected chi connectivity index (χ1v) is 9.44. The zero-order chi connectivity index (χ0) is 19.6. The first-order valence-electron chi connectivity index (χ1n) is 8.64. The summed E-state index contributed by atoms with van der Waals surface area (Å²) in [6.07, 6.45) is 2.59. The smallest absolute Gasteiger partial charge is 0.175 e.